The maximum atomic E-state index is 11.0. The van der Waals surface area contributed by atoms with Crippen LogP contribution in [0, 0.1) is 20.2 Å². The van der Waals surface area contributed by atoms with Crippen LogP contribution in [0.2, 0.25) is 0 Å². The zero-order valence-corrected chi connectivity index (χ0v) is 18.7. The number of piperidine rings is 1. The van der Waals surface area contributed by atoms with Crippen LogP contribution in [0.1, 0.15) is 47.0 Å². The molecule has 1 saturated heterocycles. The average Bonchev–Trinajstić information content (AvgIpc) is 2.71. The quantitative estimate of drug-likeness (QED) is 0.285. The van der Waals surface area contributed by atoms with Gasteiger partial charge in [-0.05, 0) is 71.2 Å². The van der Waals surface area contributed by atoms with E-state index in [1.54, 1.807) is 24.3 Å². The van der Waals surface area contributed by atoms with Crippen molar-refractivity contribution in [1.82, 2.24) is 10.4 Å². The Morgan fingerprint density at radius 1 is 0.875 bits per heavy atom. The second kappa shape index (κ2) is 8.91. The van der Waals surface area contributed by atoms with Crippen LogP contribution < -0.4 is 10.7 Å². The molecular formula is C22H28N6O4. The summed E-state index contributed by atoms with van der Waals surface area (Å²) in [5.74, 6) is 0.413. The first-order valence-corrected chi connectivity index (χ1v) is 10.4. The Morgan fingerprint density at radius 2 is 1.34 bits per heavy atom. The molecule has 2 aromatic carbocycles. The number of guanidine groups is 1. The number of hydrazine groups is 1. The molecule has 0 bridgehead atoms. The smallest absolute Gasteiger partial charge is 0.269 e. The number of hydrogen-bond donors (Lipinski definition) is 2. The number of nitro benzene ring substituents is 2. The van der Waals surface area contributed by atoms with Crippen molar-refractivity contribution in [2.24, 2.45) is 4.99 Å². The molecule has 1 fully saturated rings. The summed E-state index contributed by atoms with van der Waals surface area (Å²) in [6.45, 7) is 8.65. The number of aliphatic imine (C=N–C) groups is 1. The summed E-state index contributed by atoms with van der Waals surface area (Å²) in [7, 11) is 0. The molecule has 0 aliphatic carbocycles. The van der Waals surface area contributed by atoms with Crippen molar-refractivity contribution in [3.05, 3.63) is 68.8 Å². The molecule has 10 nitrogen and oxygen atoms in total. The zero-order chi connectivity index (χ0) is 23.5. The van der Waals surface area contributed by atoms with Gasteiger partial charge in [-0.3, -0.25) is 25.7 Å². The fraction of sp³-hybridized carbons (Fsp3) is 0.409. The molecule has 0 amide bonds. The van der Waals surface area contributed by atoms with E-state index < -0.39 is 9.85 Å². The zero-order valence-electron chi connectivity index (χ0n) is 18.7. The standard InChI is InChI=1S/C22H28N6O4/c1-21(2)14-5-15-22(3,4)28(21)25-20(23-16-6-10-18(11-7-16)26(29)30)24-17-8-12-19(13-9-17)27(31)32/h6-13H,5,14-15H2,1-4H3,(H2,23,24,25). The molecule has 0 radical (unpaired) electrons. The normalized spacial score (nSPS) is 18.1. The second-order valence-corrected chi connectivity index (χ2v) is 9.09. The molecule has 0 spiro atoms. The van der Waals surface area contributed by atoms with Gasteiger partial charge in [-0.25, -0.2) is 10.0 Å². The van der Waals surface area contributed by atoms with Gasteiger partial charge in [0.25, 0.3) is 11.4 Å². The second-order valence-electron chi connectivity index (χ2n) is 9.09. The molecule has 1 heterocycles. The Labute approximate surface area is 186 Å². The summed E-state index contributed by atoms with van der Waals surface area (Å²) >= 11 is 0. The van der Waals surface area contributed by atoms with Crippen LogP contribution in [0.15, 0.2) is 53.5 Å². The Morgan fingerprint density at radius 3 is 1.81 bits per heavy atom. The van der Waals surface area contributed by atoms with Crippen LogP contribution in [-0.4, -0.2) is 31.9 Å². The first-order valence-electron chi connectivity index (χ1n) is 10.4. The number of benzene rings is 2. The third-order valence-corrected chi connectivity index (χ3v) is 5.65. The van der Waals surface area contributed by atoms with E-state index in [4.69, 9.17) is 0 Å². The van der Waals surface area contributed by atoms with E-state index in [-0.39, 0.29) is 22.5 Å². The lowest BCUT2D eigenvalue weighted by Crippen LogP contribution is -2.66. The molecule has 3 rings (SSSR count). The van der Waals surface area contributed by atoms with Gasteiger partial charge in [-0.2, -0.15) is 0 Å². The minimum absolute atomic E-state index is 0.00401. The van der Waals surface area contributed by atoms with Crippen molar-refractivity contribution < 1.29 is 9.85 Å². The number of nitrogens with zero attached hydrogens (tertiary/aromatic N) is 4. The molecule has 0 unspecified atom stereocenters. The fourth-order valence-corrected chi connectivity index (χ4v) is 4.07. The highest BCUT2D eigenvalue weighted by atomic mass is 16.6. The van der Waals surface area contributed by atoms with E-state index in [0.717, 1.165) is 19.3 Å². The lowest BCUT2D eigenvalue weighted by molar-refractivity contribution is -0.385. The summed E-state index contributed by atoms with van der Waals surface area (Å²) < 4.78 is 0. The molecule has 2 aromatic rings. The third kappa shape index (κ3) is 5.38. The topological polar surface area (TPSA) is 126 Å². The minimum atomic E-state index is -0.458. The highest BCUT2D eigenvalue weighted by molar-refractivity contribution is 5.95. The van der Waals surface area contributed by atoms with Gasteiger partial charge in [0, 0.05) is 41.0 Å². The first kappa shape index (κ1) is 23.1. The minimum Gasteiger partial charge on any atom is -0.325 e. The Hall–Kier alpha value is -3.53. The average molecular weight is 441 g/mol. The van der Waals surface area contributed by atoms with Gasteiger partial charge in [0.2, 0.25) is 5.96 Å². The van der Waals surface area contributed by atoms with E-state index in [1.165, 1.54) is 24.3 Å². The maximum Gasteiger partial charge on any atom is 0.269 e. The van der Waals surface area contributed by atoms with Gasteiger partial charge in [0.15, 0.2) is 0 Å². The van der Waals surface area contributed by atoms with Gasteiger partial charge in [0.05, 0.1) is 15.5 Å². The molecule has 10 heteroatoms. The van der Waals surface area contributed by atoms with Gasteiger partial charge < -0.3 is 5.32 Å². The number of nitrogens with one attached hydrogen (secondary N) is 2. The van der Waals surface area contributed by atoms with E-state index in [1.807, 2.05) is 0 Å². The van der Waals surface area contributed by atoms with Crippen LogP contribution >= 0.6 is 0 Å². The van der Waals surface area contributed by atoms with Crippen molar-refractivity contribution in [3.8, 4) is 0 Å². The van der Waals surface area contributed by atoms with Crippen LogP contribution in [0.5, 0.6) is 0 Å². The van der Waals surface area contributed by atoms with Crippen LogP contribution in [-0.2, 0) is 0 Å². The maximum absolute atomic E-state index is 11.0. The first-order chi connectivity index (χ1) is 15.0. The predicted octanol–water partition coefficient (Wildman–Crippen LogP) is 5.15. The predicted molar refractivity (Wildman–Crippen MR) is 124 cm³/mol. The fourth-order valence-electron chi connectivity index (χ4n) is 4.07. The lowest BCUT2D eigenvalue weighted by atomic mass is 9.82. The third-order valence-electron chi connectivity index (χ3n) is 5.65. The Kier molecular flexibility index (Phi) is 6.45. The summed E-state index contributed by atoms with van der Waals surface area (Å²) in [6.07, 6.45) is 3.13. The van der Waals surface area contributed by atoms with Gasteiger partial charge >= 0.3 is 0 Å². The molecule has 1 aliphatic heterocycles. The summed E-state index contributed by atoms with van der Waals surface area (Å²) in [5.41, 5.74) is 4.26. The monoisotopic (exact) mass is 440 g/mol. The van der Waals surface area contributed by atoms with E-state index in [0.29, 0.717) is 17.3 Å². The van der Waals surface area contributed by atoms with Crippen molar-refractivity contribution >= 4 is 28.7 Å². The summed E-state index contributed by atoms with van der Waals surface area (Å²) in [4.78, 5) is 25.6. The SMILES string of the molecule is CC1(C)CCCC(C)(C)N1NC(=Nc1ccc([N+](=O)[O-])cc1)Nc1ccc([N+](=O)[O-])cc1. The molecule has 0 saturated carbocycles. The molecular weight excluding hydrogens is 412 g/mol. The van der Waals surface area contributed by atoms with Gasteiger partial charge in [-0.15, -0.1) is 0 Å². The van der Waals surface area contributed by atoms with Crippen molar-refractivity contribution in [2.45, 2.75) is 58.0 Å². The molecule has 2 N–H and O–H groups in total. The van der Waals surface area contributed by atoms with Crippen molar-refractivity contribution in [1.29, 1.82) is 0 Å². The number of non-ortho nitro benzene ring substituents is 2. The van der Waals surface area contributed by atoms with E-state index in [9.17, 15) is 20.2 Å². The largest absolute Gasteiger partial charge is 0.325 e. The Bertz CT molecular complexity index is 1000. The number of rotatable bonds is 5. The van der Waals surface area contributed by atoms with Gasteiger partial charge in [0.1, 0.15) is 0 Å². The summed E-state index contributed by atoms with van der Waals surface area (Å²) in [6, 6.07) is 12.0. The highest BCUT2D eigenvalue weighted by Crippen LogP contribution is 2.36. The number of hydrogen-bond acceptors (Lipinski definition) is 6. The molecule has 0 aromatic heterocycles. The molecule has 170 valence electrons. The molecule has 32 heavy (non-hydrogen) atoms. The van der Waals surface area contributed by atoms with Crippen LogP contribution in [0.4, 0.5) is 22.7 Å². The van der Waals surface area contributed by atoms with E-state index in [2.05, 4.69) is 48.4 Å². The van der Waals surface area contributed by atoms with Crippen LogP contribution in [0.25, 0.3) is 0 Å². The molecule has 0 atom stereocenters. The number of nitro groups is 2. The Balaban J connectivity index is 1.94. The van der Waals surface area contributed by atoms with E-state index >= 15 is 0 Å². The summed E-state index contributed by atoms with van der Waals surface area (Å²) in [5, 5.41) is 27.3. The highest BCUT2D eigenvalue weighted by Gasteiger charge is 2.42. The molecule has 1 aliphatic rings. The van der Waals surface area contributed by atoms with Crippen LogP contribution in [0.3, 0.4) is 0 Å². The number of anilines is 1. The van der Waals surface area contributed by atoms with Crippen molar-refractivity contribution in [2.75, 3.05) is 5.32 Å². The van der Waals surface area contributed by atoms with Crippen molar-refractivity contribution in [3.63, 3.8) is 0 Å². The van der Waals surface area contributed by atoms with Gasteiger partial charge in [-0.1, -0.05) is 0 Å². The lowest BCUT2D eigenvalue weighted by Gasteiger charge is -2.52.